The van der Waals surface area contributed by atoms with Crippen LogP contribution in [0.2, 0.25) is 0 Å². The summed E-state index contributed by atoms with van der Waals surface area (Å²) in [4.78, 5) is 21.6. The SMILES string of the molecule is CCCn1cncc1-c1nc(O)cc(=O)[nH]1. The van der Waals surface area contributed by atoms with E-state index < -0.39 is 0 Å². The minimum absolute atomic E-state index is 0.289. The summed E-state index contributed by atoms with van der Waals surface area (Å²) in [5.41, 5.74) is 0.307. The van der Waals surface area contributed by atoms with E-state index in [0.29, 0.717) is 11.5 Å². The van der Waals surface area contributed by atoms with Gasteiger partial charge in [-0.25, -0.2) is 4.98 Å². The summed E-state index contributed by atoms with van der Waals surface area (Å²) in [5.74, 6) is 0.0407. The number of aromatic amines is 1. The van der Waals surface area contributed by atoms with Gasteiger partial charge in [0.05, 0.1) is 18.6 Å². The van der Waals surface area contributed by atoms with Gasteiger partial charge in [-0.1, -0.05) is 6.92 Å². The van der Waals surface area contributed by atoms with Crippen LogP contribution in [-0.2, 0) is 6.54 Å². The Hall–Kier alpha value is -2.11. The van der Waals surface area contributed by atoms with Gasteiger partial charge in [0.25, 0.3) is 5.56 Å². The van der Waals surface area contributed by atoms with E-state index in [4.69, 9.17) is 0 Å². The van der Waals surface area contributed by atoms with E-state index in [0.717, 1.165) is 19.0 Å². The highest BCUT2D eigenvalue weighted by Gasteiger charge is 2.08. The molecule has 0 aliphatic rings. The van der Waals surface area contributed by atoms with Crippen molar-refractivity contribution in [3.63, 3.8) is 0 Å². The molecule has 0 radical (unpaired) electrons. The van der Waals surface area contributed by atoms with Crippen molar-refractivity contribution >= 4 is 0 Å². The second kappa shape index (κ2) is 4.18. The predicted octanol–water partition coefficient (Wildman–Crippen LogP) is 0.749. The van der Waals surface area contributed by atoms with E-state index in [2.05, 4.69) is 15.0 Å². The molecule has 0 unspecified atom stereocenters. The summed E-state index contributed by atoms with van der Waals surface area (Å²) in [7, 11) is 0. The second-order valence-electron chi connectivity index (χ2n) is 3.42. The van der Waals surface area contributed by atoms with Gasteiger partial charge in [-0.15, -0.1) is 0 Å². The quantitative estimate of drug-likeness (QED) is 0.799. The highest BCUT2D eigenvalue weighted by molar-refractivity contribution is 5.48. The van der Waals surface area contributed by atoms with Gasteiger partial charge in [0.1, 0.15) is 5.69 Å². The lowest BCUT2D eigenvalue weighted by Crippen LogP contribution is -2.09. The normalized spacial score (nSPS) is 10.6. The van der Waals surface area contributed by atoms with Gasteiger partial charge in [-0.05, 0) is 6.42 Å². The third-order valence-corrected chi connectivity index (χ3v) is 2.15. The molecule has 16 heavy (non-hydrogen) atoms. The molecule has 0 fully saturated rings. The molecular weight excluding hydrogens is 208 g/mol. The number of aromatic nitrogens is 4. The average Bonchev–Trinajstić information content (AvgIpc) is 2.65. The summed E-state index contributed by atoms with van der Waals surface area (Å²) < 4.78 is 1.87. The first kappa shape index (κ1) is 10.4. The van der Waals surface area contributed by atoms with Gasteiger partial charge in [-0.2, -0.15) is 4.98 Å². The highest BCUT2D eigenvalue weighted by atomic mass is 16.3. The van der Waals surface area contributed by atoms with Crippen molar-refractivity contribution in [2.75, 3.05) is 0 Å². The van der Waals surface area contributed by atoms with Crippen LogP contribution in [0.1, 0.15) is 13.3 Å². The van der Waals surface area contributed by atoms with Gasteiger partial charge < -0.3 is 14.7 Å². The monoisotopic (exact) mass is 220 g/mol. The van der Waals surface area contributed by atoms with E-state index >= 15 is 0 Å². The molecule has 0 spiro atoms. The number of hydrogen-bond donors (Lipinski definition) is 2. The van der Waals surface area contributed by atoms with Crippen LogP contribution in [0.5, 0.6) is 5.88 Å². The number of hydrogen-bond acceptors (Lipinski definition) is 4. The minimum atomic E-state index is -0.383. The third kappa shape index (κ3) is 1.95. The van der Waals surface area contributed by atoms with E-state index in [1.165, 1.54) is 0 Å². The summed E-state index contributed by atoms with van der Waals surface area (Å²) >= 11 is 0. The minimum Gasteiger partial charge on any atom is -0.493 e. The number of nitrogens with zero attached hydrogens (tertiary/aromatic N) is 3. The smallest absolute Gasteiger partial charge is 0.255 e. The van der Waals surface area contributed by atoms with Crippen LogP contribution in [0.4, 0.5) is 0 Å². The van der Waals surface area contributed by atoms with Crippen molar-refractivity contribution in [1.29, 1.82) is 0 Å². The zero-order valence-electron chi connectivity index (χ0n) is 8.84. The van der Waals surface area contributed by atoms with Crippen LogP contribution < -0.4 is 5.56 Å². The van der Waals surface area contributed by atoms with Crippen molar-refractivity contribution < 1.29 is 5.11 Å². The maximum absolute atomic E-state index is 11.2. The molecule has 0 atom stereocenters. The maximum atomic E-state index is 11.2. The van der Waals surface area contributed by atoms with Crippen molar-refractivity contribution in [3.8, 4) is 17.4 Å². The zero-order valence-corrected chi connectivity index (χ0v) is 8.84. The summed E-state index contributed by atoms with van der Waals surface area (Å²) in [6.45, 7) is 2.83. The zero-order chi connectivity index (χ0) is 11.5. The molecule has 84 valence electrons. The van der Waals surface area contributed by atoms with Gasteiger partial charge in [0.2, 0.25) is 5.88 Å². The van der Waals surface area contributed by atoms with Crippen LogP contribution in [0.3, 0.4) is 0 Å². The average molecular weight is 220 g/mol. The lowest BCUT2D eigenvalue weighted by molar-refractivity contribution is 0.451. The van der Waals surface area contributed by atoms with Crippen LogP contribution in [-0.4, -0.2) is 24.6 Å². The topological polar surface area (TPSA) is 83.8 Å². The van der Waals surface area contributed by atoms with Gasteiger partial charge in [-0.3, -0.25) is 4.79 Å². The lowest BCUT2D eigenvalue weighted by Gasteiger charge is -2.05. The number of aryl methyl sites for hydroxylation is 1. The third-order valence-electron chi connectivity index (χ3n) is 2.15. The molecule has 2 aromatic heterocycles. The van der Waals surface area contributed by atoms with Crippen molar-refractivity contribution in [3.05, 3.63) is 28.9 Å². The fraction of sp³-hybridized carbons (Fsp3) is 0.300. The molecule has 6 heteroatoms. The second-order valence-corrected chi connectivity index (χ2v) is 3.42. The Labute approximate surface area is 91.6 Å². The Morgan fingerprint density at radius 1 is 1.56 bits per heavy atom. The molecule has 0 amide bonds. The van der Waals surface area contributed by atoms with Crippen LogP contribution in [0, 0.1) is 0 Å². The lowest BCUT2D eigenvalue weighted by atomic mass is 10.4. The summed E-state index contributed by atoms with van der Waals surface area (Å²) in [6, 6.07) is 1.03. The largest absolute Gasteiger partial charge is 0.493 e. The first-order valence-corrected chi connectivity index (χ1v) is 5.01. The van der Waals surface area contributed by atoms with Gasteiger partial charge in [0, 0.05) is 6.54 Å². The molecule has 6 nitrogen and oxygen atoms in total. The standard InChI is InChI=1S/C10H12N4O2/c1-2-3-14-6-11-5-7(14)10-12-8(15)4-9(16)13-10/h4-6H,2-3H2,1H3,(H2,12,13,15,16). The van der Waals surface area contributed by atoms with Crippen molar-refractivity contribution in [2.45, 2.75) is 19.9 Å². The van der Waals surface area contributed by atoms with Crippen LogP contribution >= 0.6 is 0 Å². The fourth-order valence-electron chi connectivity index (χ4n) is 1.50. The molecule has 0 bridgehead atoms. The highest BCUT2D eigenvalue weighted by Crippen LogP contribution is 2.15. The Balaban J connectivity index is 2.49. The Bertz CT molecular complexity index is 544. The van der Waals surface area contributed by atoms with Crippen molar-refractivity contribution in [2.24, 2.45) is 0 Å². The van der Waals surface area contributed by atoms with E-state index in [1.54, 1.807) is 12.5 Å². The molecule has 2 N–H and O–H groups in total. The van der Waals surface area contributed by atoms with Gasteiger partial charge >= 0.3 is 0 Å². The Morgan fingerprint density at radius 3 is 3.06 bits per heavy atom. The van der Waals surface area contributed by atoms with Crippen LogP contribution in [0.15, 0.2) is 23.4 Å². The Morgan fingerprint density at radius 2 is 2.38 bits per heavy atom. The van der Waals surface area contributed by atoms with E-state index in [-0.39, 0.29) is 11.4 Å². The first-order chi connectivity index (χ1) is 7.70. The Kier molecular flexibility index (Phi) is 2.72. The molecule has 0 aliphatic carbocycles. The molecule has 2 heterocycles. The molecule has 2 rings (SSSR count). The number of H-pyrrole nitrogens is 1. The number of imidazole rings is 1. The molecule has 0 saturated carbocycles. The van der Waals surface area contributed by atoms with Crippen molar-refractivity contribution in [1.82, 2.24) is 19.5 Å². The number of aromatic hydroxyl groups is 1. The molecular formula is C10H12N4O2. The maximum Gasteiger partial charge on any atom is 0.255 e. The number of nitrogens with one attached hydrogen (secondary N) is 1. The summed E-state index contributed by atoms with van der Waals surface area (Å²) in [5, 5.41) is 9.25. The van der Waals surface area contributed by atoms with E-state index in [1.807, 2.05) is 11.5 Å². The molecule has 0 saturated heterocycles. The molecule has 0 aliphatic heterocycles. The first-order valence-electron chi connectivity index (χ1n) is 5.01. The van der Waals surface area contributed by atoms with Gasteiger partial charge in [0.15, 0.2) is 5.82 Å². The molecule has 0 aromatic carbocycles. The van der Waals surface area contributed by atoms with E-state index in [9.17, 15) is 9.90 Å². The summed E-state index contributed by atoms with van der Waals surface area (Å²) in [6.07, 6.45) is 4.22. The van der Waals surface area contributed by atoms with Crippen LogP contribution in [0.25, 0.3) is 11.5 Å². The molecule has 2 aromatic rings. The number of rotatable bonds is 3. The fourth-order valence-corrected chi connectivity index (χ4v) is 1.50. The predicted molar refractivity (Wildman–Crippen MR) is 58.0 cm³/mol.